The Morgan fingerprint density at radius 1 is 1.03 bits per heavy atom. The molecule has 1 fully saturated rings. The van der Waals surface area contributed by atoms with Gasteiger partial charge in [0.1, 0.15) is 4.32 Å². The van der Waals surface area contributed by atoms with Crippen molar-refractivity contribution in [3.8, 4) is 11.1 Å². The number of fused-ring (bicyclic) bond motifs is 1. The molecule has 34 heavy (non-hydrogen) atoms. The summed E-state index contributed by atoms with van der Waals surface area (Å²) < 4.78 is 0.535. The highest BCUT2D eigenvalue weighted by Gasteiger charge is 2.31. The third kappa shape index (κ3) is 4.53. The molecule has 5 nitrogen and oxygen atoms in total. The number of nitrogens with one attached hydrogen (secondary N) is 1. The molecule has 3 aromatic carbocycles. The third-order valence-electron chi connectivity index (χ3n) is 5.77. The van der Waals surface area contributed by atoms with Gasteiger partial charge in [0, 0.05) is 18.3 Å². The molecular formula is C27H20N2O3S2. The van der Waals surface area contributed by atoms with Gasteiger partial charge in [-0.2, -0.15) is 0 Å². The molecule has 0 aliphatic carbocycles. The Morgan fingerprint density at radius 2 is 1.82 bits per heavy atom. The van der Waals surface area contributed by atoms with Gasteiger partial charge in [-0.15, -0.1) is 0 Å². The molecule has 1 amide bonds. The number of thiocarbonyl (C=S) groups is 1. The van der Waals surface area contributed by atoms with E-state index in [-0.39, 0.29) is 11.5 Å². The van der Waals surface area contributed by atoms with E-state index >= 15 is 0 Å². The van der Waals surface area contributed by atoms with Gasteiger partial charge in [-0.05, 0) is 76.5 Å². The van der Waals surface area contributed by atoms with Gasteiger partial charge in [-0.25, -0.2) is 4.79 Å². The minimum atomic E-state index is -0.956. The van der Waals surface area contributed by atoms with Crippen LogP contribution < -0.4 is 0 Å². The van der Waals surface area contributed by atoms with E-state index in [1.165, 1.54) is 11.8 Å². The molecule has 1 aliphatic heterocycles. The lowest BCUT2D eigenvalue weighted by Gasteiger charge is -2.14. The first-order chi connectivity index (χ1) is 16.5. The molecule has 7 heteroatoms. The zero-order chi connectivity index (χ0) is 23.7. The number of amides is 1. The van der Waals surface area contributed by atoms with Crippen LogP contribution in [0.4, 0.5) is 0 Å². The lowest BCUT2D eigenvalue weighted by molar-refractivity contribution is -0.122. The SMILES string of the molecule is O=C(O)c1ccc(CCN2C(=O)C(=Cc3cccc(-c4ccc5[nH]ccc5c4)c3)SC2=S)cc1. The van der Waals surface area contributed by atoms with Crippen molar-refractivity contribution in [2.75, 3.05) is 6.54 Å². The number of carbonyl (C=O) groups is 2. The highest BCUT2D eigenvalue weighted by atomic mass is 32.2. The van der Waals surface area contributed by atoms with Crippen LogP contribution in [-0.4, -0.2) is 37.7 Å². The van der Waals surface area contributed by atoms with Crippen molar-refractivity contribution < 1.29 is 14.7 Å². The van der Waals surface area contributed by atoms with Crippen molar-refractivity contribution in [2.24, 2.45) is 0 Å². The molecule has 5 rings (SSSR count). The highest BCUT2D eigenvalue weighted by molar-refractivity contribution is 8.26. The molecule has 4 aromatic rings. The monoisotopic (exact) mass is 484 g/mol. The van der Waals surface area contributed by atoms with Crippen LogP contribution in [0.1, 0.15) is 21.5 Å². The zero-order valence-electron chi connectivity index (χ0n) is 18.0. The number of carboxylic acid groups (broad SMARTS) is 1. The summed E-state index contributed by atoms with van der Waals surface area (Å²) in [6.45, 7) is 0.450. The number of nitrogens with zero attached hydrogens (tertiary/aromatic N) is 1. The fourth-order valence-electron chi connectivity index (χ4n) is 3.94. The van der Waals surface area contributed by atoms with E-state index in [2.05, 4.69) is 41.4 Å². The number of benzene rings is 3. The number of carboxylic acids is 1. The van der Waals surface area contributed by atoms with Crippen molar-refractivity contribution in [2.45, 2.75) is 6.42 Å². The van der Waals surface area contributed by atoms with Crippen LogP contribution >= 0.6 is 24.0 Å². The Kier molecular flexibility index (Phi) is 6.04. The summed E-state index contributed by atoms with van der Waals surface area (Å²) in [6, 6.07) is 23.1. The van der Waals surface area contributed by atoms with E-state index in [0.717, 1.165) is 33.2 Å². The van der Waals surface area contributed by atoms with E-state index in [1.807, 2.05) is 24.4 Å². The molecule has 0 atom stereocenters. The third-order valence-corrected chi connectivity index (χ3v) is 7.15. The largest absolute Gasteiger partial charge is 0.478 e. The Balaban J connectivity index is 1.31. The molecule has 1 saturated heterocycles. The summed E-state index contributed by atoms with van der Waals surface area (Å²) in [6.07, 6.45) is 4.41. The van der Waals surface area contributed by atoms with E-state index in [4.69, 9.17) is 17.3 Å². The van der Waals surface area contributed by atoms with Crippen molar-refractivity contribution in [1.82, 2.24) is 9.88 Å². The maximum atomic E-state index is 13.0. The smallest absolute Gasteiger partial charge is 0.335 e. The van der Waals surface area contributed by atoms with Gasteiger partial charge < -0.3 is 10.1 Å². The molecule has 0 unspecified atom stereocenters. The molecule has 1 aliphatic rings. The van der Waals surface area contributed by atoms with Gasteiger partial charge in [0.25, 0.3) is 5.91 Å². The Labute approximate surface area is 206 Å². The summed E-state index contributed by atoms with van der Waals surface area (Å²) in [4.78, 5) is 29.5. The minimum Gasteiger partial charge on any atom is -0.478 e. The number of hydrogen-bond acceptors (Lipinski definition) is 4. The van der Waals surface area contributed by atoms with Gasteiger partial charge in [0.15, 0.2) is 0 Å². The first-order valence-corrected chi connectivity index (χ1v) is 12.0. The average molecular weight is 485 g/mol. The fourth-order valence-corrected chi connectivity index (χ4v) is 5.25. The molecule has 0 saturated carbocycles. The summed E-state index contributed by atoms with van der Waals surface area (Å²) >= 11 is 6.78. The van der Waals surface area contributed by atoms with Crippen LogP contribution in [0.2, 0.25) is 0 Å². The number of thioether (sulfide) groups is 1. The van der Waals surface area contributed by atoms with Crippen molar-refractivity contribution in [1.29, 1.82) is 0 Å². The van der Waals surface area contributed by atoms with Crippen LogP contribution in [0.25, 0.3) is 28.1 Å². The summed E-state index contributed by atoms with van der Waals surface area (Å²) in [7, 11) is 0. The van der Waals surface area contributed by atoms with Crippen molar-refractivity contribution in [3.63, 3.8) is 0 Å². The topological polar surface area (TPSA) is 73.4 Å². The highest BCUT2D eigenvalue weighted by Crippen LogP contribution is 2.33. The molecule has 1 aromatic heterocycles. The molecule has 0 bridgehead atoms. The van der Waals surface area contributed by atoms with Crippen molar-refractivity contribution >= 4 is 57.2 Å². The van der Waals surface area contributed by atoms with E-state index < -0.39 is 5.97 Å². The Bertz CT molecular complexity index is 1450. The number of rotatable bonds is 6. The minimum absolute atomic E-state index is 0.101. The van der Waals surface area contributed by atoms with Crippen LogP contribution in [-0.2, 0) is 11.2 Å². The lowest BCUT2D eigenvalue weighted by Crippen LogP contribution is -2.30. The normalized spacial score (nSPS) is 14.9. The van der Waals surface area contributed by atoms with Crippen molar-refractivity contribution in [3.05, 3.63) is 101 Å². The first-order valence-electron chi connectivity index (χ1n) is 10.7. The number of carbonyl (C=O) groups excluding carboxylic acids is 1. The average Bonchev–Trinajstić information content (AvgIpc) is 3.41. The predicted octanol–water partition coefficient (Wildman–Crippen LogP) is 5.98. The zero-order valence-corrected chi connectivity index (χ0v) is 19.7. The fraction of sp³-hybridized carbons (Fsp3) is 0.0741. The molecule has 2 N–H and O–H groups in total. The lowest BCUT2D eigenvalue weighted by atomic mass is 10.0. The summed E-state index contributed by atoms with van der Waals surface area (Å²) in [5.74, 6) is -1.06. The Hall–Kier alpha value is -3.68. The number of H-pyrrole nitrogens is 1. The van der Waals surface area contributed by atoms with Gasteiger partial charge in [0.05, 0.1) is 10.5 Å². The Morgan fingerprint density at radius 3 is 2.62 bits per heavy atom. The molecule has 168 valence electrons. The van der Waals surface area contributed by atoms with Crippen LogP contribution in [0.5, 0.6) is 0 Å². The van der Waals surface area contributed by atoms with Gasteiger partial charge in [-0.1, -0.05) is 60.4 Å². The molecule has 0 spiro atoms. The summed E-state index contributed by atoms with van der Waals surface area (Å²) in [5, 5.41) is 10.2. The van der Waals surface area contributed by atoms with Gasteiger partial charge in [-0.3, -0.25) is 9.69 Å². The van der Waals surface area contributed by atoms with E-state index in [0.29, 0.717) is 22.2 Å². The van der Waals surface area contributed by atoms with Crippen LogP contribution in [0.15, 0.2) is 83.9 Å². The second-order valence-corrected chi connectivity index (χ2v) is 9.67. The van der Waals surface area contributed by atoms with Crippen LogP contribution in [0, 0.1) is 0 Å². The molecular weight excluding hydrogens is 464 g/mol. The number of aromatic nitrogens is 1. The predicted molar refractivity (Wildman–Crippen MR) is 141 cm³/mol. The molecule has 2 heterocycles. The standard InChI is InChI=1S/C27H20N2O3S2/c30-25-24(34-27(33)29(25)13-11-17-4-6-19(7-5-17)26(31)32)15-18-2-1-3-20(14-18)21-8-9-23-22(16-21)10-12-28-23/h1-10,12,14-16,28H,11,13H2,(H,31,32). The van der Waals surface area contributed by atoms with Gasteiger partial charge in [0.2, 0.25) is 0 Å². The van der Waals surface area contributed by atoms with E-state index in [1.54, 1.807) is 29.2 Å². The number of hydrogen-bond donors (Lipinski definition) is 2. The maximum Gasteiger partial charge on any atom is 0.335 e. The maximum absolute atomic E-state index is 13.0. The molecule has 0 radical (unpaired) electrons. The quantitative estimate of drug-likeness (QED) is 0.260. The summed E-state index contributed by atoms with van der Waals surface area (Å²) in [5.41, 5.74) is 5.43. The number of aromatic carboxylic acids is 1. The first kappa shape index (κ1) is 22.1. The van der Waals surface area contributed by atoms with Gasteiger partial charge >= 0.3 is 5.97 Å². The second kappa shape index (κ2) is 9.29. The van der Waals surface area contributed by atoms with Crippen LogP contribution in [0.3, 0.4) is 0 Å². The number of aromatic amines is 1. The second-order valence-electron chi connectivity index (χ2n) is 7.99. The van der Waals surface area contributed by atoms with E-state index in [9.17, 15) is 9.59 Å².